The second kappa shape index (κ2) is 5.08. The molecule has 0 aliphatic carbocycles. The lowest BCUT2D eigenvalue weighted by Crippen LogP contribution is -2.34. The maximum atomic E-state index is 11.5. The Morgan fingerprint density at radius 2 is 2.19 bits per heavy atom. The molecule has 1 heterocycles. The predicted octanol–water partition coefficient (Wildman–Crippen LogP) is -1.00. The fourth-order valence-electron chi connectivity index (χ4n) is 1.09. The Morgan fingerprint density at radius 1 is 1.50 bits per heavy atom. The van der Waals surface area contributed by atoms with Crippen molar-refractivity contribution >= 4 is 15.9 Å². The molecular formula is C8H14N4O3S. The van der Waals surface area contributed by atoms with Gasteiger partial charge in [-0.2, -0.15) is 5.10 Å². The number of hydrogen-bond donors (Lipinski definition) is 3. The number of carbonyl (C=O) groups is 1. The van der Waals surface area contributed by atoms with E-state index in [4.69, 9.17) is 0 Å². The first-order chi connectivity index (χ1) is 7.40. The minimum atomic E-state index is -3.20. The zero-order chi connectivity index (χ0) is 12.2. The van der Waals surface area contributed by atoms with E-state index in [1.807, 2.05) is 0 Å². The van der Waals surface area contributed by atoms with Gasteiger partial charge in [-0.25, -0.2) is 13.1 Å². The number of carbonyl (C=O) groups excluding carboxylic acids is 1. The summed E-state index contributed by atoms with van der Waals surface area (Å²) in [5.74, 6) is -0.276. The number of H-pyrrole nitrogens is 1. The van der Waals surface area contributed by atoms with Crippen molar-refractivity contribution in [3.63, 3.8) is 0 Å². The van der Waals surface area contributed by atoms with E-state index in [1.54, 1.807) is 6.92 Å². The molecule has 0 atom stereocenters. The highest BCUT2D eigenvalue weighted by atomic mass is 32.2. The van der Waals surface area contributed by atoms with E-state index in [1.165, 1.54) is 6.20 Å². The molecule has 0 unspecified atom stereocenters. The summed E-state index contributed by atoms with van der Waals surface area (Å²) < 4.78 is 23.7. The zero-order valence-corrected chi connectivity index (χ0v) is 9.89. The molecule has 0 aliphatic rings. The van der Waals surface area contributed by atoms with Gasteiger partial charge in [-0.05, 0) is 6.92 Å². The van der Waals surface area contributed by atoms with Gasteiger partial charge in [-0.1, -0.05) is 0 Å². The molecule has 1 aromatic rings. The van der Waals surface area contributed by atoms with Gasteiger partial charge < -0.3 is 5.32 Å². The van der Waals surface area contributed by atoms with Crippen LogP contribution in [0.5, 0.6) is 0 Å². The highest BCUT2D eigenvalue weighted by molar-refractivity contribution is 7.88. The zero-order valence-electron chi connectivity index (χ0n) is 9.07. The summed E-state index contributed by atoms with van der Waals surface area (Å²) in [6.45, 7) is 2.13. The molecule has 1 rings (SSSR count). The molecule has 0 radical (unpaired) electrons. The third-order valence-electron chi connectivity index (χ3n) is 1.85. The number of hydrogen-bond acceptors (Lipinski definition) is 4. The molecule has 1 aromatic heterocycles. The molecule has 0 saturated carbocycles. The van der Waals surface area contributed by atoms with E-state index in [0.717, 1.165) is 6.26 Å². The number of aryl methyl sites for hydroxylation is 1. The molecule has 7 nitrogen and oxygen atoms in total. The summed E-state index contributed by atoms with van der Waals surface area (Å²) in [6.07, 6.45) is 2.49. The predicted molar refractivity (Wildman–Crippen MR) is 58.5 cm³/mol. The van der Waals surface area contributed by atoms with Gasteiger partial charge in [0.25, 0.3) is 5.91 Å². The van der Waals surface area contributed by atoms with Crippen LogP contribution in [0.2, 0.25) is 0 Å². The van der Waals surface area contributed by atoms with E-state index in [2.05, 4.69) is 20.2 Å². The molecule has 8 heteroatoms. The number of amides is 1. The van der Waals surface area contributed by atoms with Gasteiger partial charge in [0.15, 0.2) is 0 Å². The van der Waals surface area contributed by atoms with E-state index < -0.39 is 10.0 Å². The third-order valence-corrected chi connectivity index (χ3v) is 2.58. The molecule has 3 N–H and O–H groups in total. The summed E-state index contributed by atoms with van der Waals surface area (Å²) in [4.78, 5) is 11.5. The number of rotatable bonds is 5. The SMILES string of the molecule is Cc1[nH]ncc1C(=O)NCCNS(C)(=O)=O. The number of aromatic amines is 1. The van der Waals surface area contributed by atoms with Crippen LogP contribution in [0.1, 0.15) is 16.1 Å². The second-order valence-electron chi connectivity index (χ2n) is 3.33. The summed E-state index contributed by atoms with van der Waals surface area (Å²) in [5, 5.41) is 8.93. The Balaban J connectivity index is 2.35. The highest BCUT2D eigenvalue weighted by Crippen LogP contribution is 2.00. The lowest BCUT2D eigenvalue weighted by atomic mass is 10.2. The topological polar surface area (TPSA) is 104 Å². The summed E-state index contributed by atoms with van der Waals surface area (Å²) in [5.41, 5.74) is 1.13. The van der Waals surface area contributed by atoms with Crippen molar-refractivity contribution in [2.75, 3.05) is 19.3 Å². The van der Waals surface area contributed by atoms with E-state index in [0.29, 0.717) is 11.3 Å². The Kier molecular flexibility index (Phi) is 4.02. The first-order valence-corrected chi connectivity index (χ1v) is 6.52. The fraction of sp³-hybridized carbons (Fsp3) is 0.500. The number of sulfonamides is 1. The van der Waals surface area contributed by atoms with Gasteiger partial charge in [-0.3, -0.25) is 9.89 Å². The molecule has 0 fully saturated rings. The van der Waals surface area contributed by atoms with Crippen molar-refractivity contribution in [1.82, 2.24) is 20.2 Å². The molecular weight excluding hydrogens is 232 g/mol. The van der Waals surface area contributed by atoms with Crippen LogP contribution >= 0.6 is 0 Å². The normalized spacial score (nSPS) is 11.4. The summed E-state index contributed by atoms with van der Waals surface area (Å²) in [7, 11) is -3.20. The van der Waals surface area contributed by atoms with Crippen molar-refractivity contribution in [3.05, 3.63) is 17.5 Å². The van der Waals surface area contributed by atoms with Crippen molar-refractivity contribution in [1.29, 1.82) is 0 Å². The van der Waals surface area contributed by atoms with E-state index in [-0.39, 0.29) is 19.0 Å². The van der Waals surface area contributed by atoms with Gasteiger partial charge in [0.1, 0.15) is 0 Å². The Hall–Kier alpha value is -1.41. The number of nitrogens with zero attached hydrogens (tertiary/aromatic N) is 1. The maximum Gasteiger partial charge on any atom is 0.254 e. The van der Waals surface area contributed by atoms with Crippen LogP contribution < -0.4 is 10.0 Å². The molecule has 0 aliphatic heterocycles. The minimum Gasteiger partial charge on any atom is -0.351 e. The molecule has 16 heavy (non-hydrogen) atoms. The quantitative estimate of drug-likeness (QED) is 0.579. The van der Waals surface area contributed by atoms with Gasteiger partial charge >= 0.3 is 0 Å². The third kappa shape index (κ3) is 3.99. The van der Waals surface area contributed by atoms with Gasteiger partial charge in [-0.15, -0.1) is 0 Å². The van der Waals surface area contributed by atoms with Crippen molar-refractivity contribution in [2.45, 2.75) is 6.92 Å². The number of aromatic nitrogens is 2. The van der Waals surface area contributed by atoms with Crippen LogP contribution in [-0.4, -0.2) is 43.9 Å². The van der Waals surface area contributed by atoms with Crippen LogP contribution in [0.25, 0.3) is 0 Å². The molecule has 0 aromatic carbocycles. The maximum absolute atomic E-state index is 11.5. The van der Waals surface area contributed by atoms with Crippen molar-refractivity contribution < 1.29 is 13.2 Å². The Labute approximate surface area is 93.7 Å². The van der Waals surface area contributed by atoms with Crippen LogP contribution in [0.4, 0.5) is 0 Å². The Morgan fingerprint density at radius 3 is 2.69 bits per heavy atom. The standard InChI is InChI=1S/C8H14N4O3S/c1-6-7(5-10-12-6)8(13)9-3-4-11-16(2,14)15/h5,11H,3-4H2,1-2H3,(H,9,13)(H,10,12). The average Bonchev–Trinajstić information content (AvgIpc) is 2.57. The largest absolute Gasteiger partial charge is 0.351 e. The summed E-state index contributed by atoms with van der Waals surface area (Å²) >= 11 is 0. The fourth-order valence-corrected chi connectivity index (χ4v) is 1.56. The van der Waals surface area contributed by atoms with Crippen LogP contribution in [0, 0.1) is 6.92 Å². The highest BCUT2D eigenvalue weighted by Gasteiger charge is 2.09. The van der Waals surface area contributed by atoms with Crippen molar-refractivity contribution in [2.24, 2.45) is 0 Å². The molecule has 0 spiro atoms. The van der Waals surface area contributed by atoms with Gasteiger partial charge in [0, 0.05) is 18.8 Å². The van der Waals surface area contributed by atoms with E-state index >= 15 is 0 Å². The molecule has 90 valence electrons. The number of nitrogens with one attached hydrogen (secondary N) is 3. The van der Waals surface area contributed by atoms with Crippen molar-refractivity contribution in [3.8, 4) is 0 Å². The average molecular weight is 246 g/mol. The first-order valence-electron chi connectivity index (χ1n) is 4.63. The molecule has 1 amide bonds. The second-order valence-corrected chi connectivity index (χ2v) is 5.16. The van der Waals surface area contributed by atoms with Gasteiger partial charge in [0.2, 0.25) is 10.0 Å². The van der Waals surface area contributed by atoms with Crippen LogP contribution in [0.3, 0.4) is 0 Å². The van der Waals surface area contributed by atoms with Gasteiger partial charge in [0.05, 0.1) is 18.0 Å². The lowest BCUT2D eigenvalue weighted by Gasteiger charge is -2.04. The van der Waals surface area contributed by atoms with Crippen LogP contribution in [-0.2, 0) is 10.0 Å². The monoisotopic (exact) mass is 246 g/mol. The minimum absolute atomic E-state index is 0.168. The summed E-state index contributed by atoms with van der Waals surface area (Å²) in [6, 6.07) is 0. The molecule has 0 bridgehead atoms. The smallest absolute Gasteiger partial charge is 0.254 e. The van der Waals surface area contributed by atoms with E-state index in [9.17, 15) is 13.2 Å². The molecule has 0 saturated heterocycles. The Bertz CT molecular complexity index is 465. The first kappa shape index (κ1) is 12.7. The van der Waals surface area contributed by atoms with Crippen LogP contribution in [0.15, 0.2) is 6.20 Å². The lowest BCUT2D eigenvalue weighted by molar-refractivity contribution is 0.0954.